The molecule has 1 aliphatic rings. The molecule has 1 saturated heterocycles. The highest BCUT2D eigenvalue weighted by Gasteiger charge is 2.28. The number of hydrogen-bond donors (Lipinski definition) is 0. The molecule has 1 aromatic heterocycles. The van der Waals surface area contributed by atoms with Gasteiger partial charge in [-0.1, -0.05) is 32.9 Å². The van der Waals surface area contributed by atoms with Gasteiger partial charge in [0.25, 0.3) is 0 Å². The molecule has 1 fully saturated rings. The van der Waals surface area contributed by atoms with Crippen LogP contribution in [-0.2, 0) is 22.0 Å². The van der Waals surface area contributed by atoms with Crippen molar-refractivity contribution in [2.45, 2.75) is 57.9 Å². The van der Waals surface area contributed by atoms with E-state index < -0.39 is 10.0 Å². The molecule has 0 N–H and O–H groups in total. The van der Waals surface area contributed by atoms with Crippen LogP contribution in [0.3, 0.4) is 0 Å². The summed E-state index contributed by atoms with van der Waals surface area (Å²) in [6, 6.07) is 5.64. The second-order valence-electron chi connectivity index (χ2n) is 8.70. The number of hydrogen-bond acceptors (Lipinski definition) is 5. The molecule has 0 unspecified atom stereocenters. The summed E-state index contributed by atoms with van der Waals surface area (Å²) in [6.45, 7) is 13.8. The lowest BCUT2D eigenvalue weighted by Gasteiger charge is -2.22. The number of benzene rings is 1. The molecular weight excluding hydrogens is 390 g/mol. The Kier molecular flexibility index (Phi) is 6.29. The van der Waals surface area contributed by atoms with Crippen LogP contribution in [0, 0.1) is 13.8 Å². The van der Waals surface area contributed by atoms with Crippen molar-refractivity contribution in [3.8, 4) is 0 Å². The van der Waals surface area contributed by atoms with Gasteiger partial charge in [-0.05, 0) is 44.0 Å². The van der Waals surface area contributed by atoms with Gasteiger partial charge in [0.1, 0.15) is 0 Å². The molecule has 5 nitrogen and oxygen atoms in total. The second-order valence-corrected chi connectivity index (χ2v) is 11.5. The van der Waals surface area contributed by atoms with Crippen molar-refractivity contribution in [2.75, 3.05) is 26.2 Å². The number of aromatic nitrogens is 1. The SMILES string of the molecule is Cc1ccc(C)c(S(=O)(=O)N2CCCN(Cc3csc(C(C)(C)C)n3)CC2)c1. The van der Waals surface area contributed by atoms with Crippen molar-refractivity contribution in [1.29, 1.82) is 0 Å². The highest BCUT2D eigenvalue weighted by molar-refractivity contribution is 7.89. The average molecular weight is 422 g/mol. The number of thiazole rings is 1. The molecule has 0 radical (unpaired) electrons. The van der Waals surface area contributed by atoms with E-state index in [0.717, 1.165) is 47.9 Å². The fourth-order valence-corrected chi connectivity index (χ4v) is 6.10. The zero-order chi connectivity index (χ0) is 20.5. The first-order valence-electron chi connectivity index (χ1n) is 9.82. The monoisotopic (exact) mass is 421 g/mol. The third kappa shape index (κ3) is 4.82. The molecule has 2 aromatic rings. The van der Waals surface area contributed by atoms with Crippen molar-refractivity contribution in [3.63, 3.8) is 0 Å². The number of aryl methyl sites for hydroxylation is 2. The van der Waals surface area contributed by atoms with Crippen molar-refractivity contribution in [1.82, 2.24) is 14.2 Å². The Labute approximate surface area is 173 Å². The van der Waals surface area contributed by atoms with Crippen LogP contribution in [-0.4, -0.2) is 48.8 Å². The molecule has 0 bridgehead atoms. The van der Waals surface area contributed by atoms with Crippen molar-refractivity contribution < 1.29 is 8.42 Å². The third-order valence-electron chi connectivity index (χ3n) is 5.09. The Hall–Kier alpha value is -1.28. The predicted octanol–water partition coefficient (Wildman–Crippen LogP) is 3.95. The predicted molar refractivity (Wildman–Crippen MR) is 115 cm³/mol. The van der Waals surface area contributed by atoms with Gasteiger partial charge in [-0.2, -0.15) is 4.31 Å². The molecule has 0 amide bonds. The Morgan fingerprint density at radius 3 is 2.54 bits per heavy atom. The van der Waals surface area contributed by atoms with E-state index in [1.165, 1.54) is 0 Å². The van der Waals surface area contributed by atoms with Gasteiger partial charge in [-0.15, -0.1) is 11.3 Å². The van der Waals surface area contributed by atoms with E-state index in [2.05, 4.69) is 31.1 Å². The molecule has 0 spiro atoms. The van der Waals surface area contributed by atoms with E-state index in [9.17, 15) is 8.42 Å². The van der Waals surface area contributed by atoms with Gasteiger partial charge in [-0.25, -0.2) is 13.4 Å². The van der Waals surface area contributed by atoms with Crippen LogP contribution in [0.25, 0.3) is 0 Å². The van der Waals surface area contributed by atoms with E-state index in [-0.39, 0.29) is 5.41 Å². The minimum absolute atomic E-state index is 0.0677. The lowest BCUT2D eigenvalue weighted by atomic mass is 9.98. The maximum Gasteiger partial charge on any atom is 0.243 e. The number of rotatable bonds is 4. The molecule has 1 aromatic carbocycles. The molecule has 0 saturated carbocycles. The largest absolute Gasteiger partial charge is 0.296 e. The summed E-state index contributed by atoms with van der Waals surface area (Å²) in [5.41, 5.74) is 2.93. The molecule has 0 aliphatic carbocycles. The summed E-state index contributed by atoms with van der Waals surface area (Å²) < 4.78 is 28.0. The zero-order valence-electron chi connectivity index (χ0n) is 17.5. The average Bonchev–Trinajstić information content (AvgIpc) is 2.95. The van der Waals surface area contributed by atoms with Crippen LogP contribution in [0.2, 0.25) is 0 Å². The first kappa shape index (κ1) is 21.4. The molecule has 28 heavy (non-hydrogen) atoms. The van der Waals surface area contributed by atoms with Crippen molar-refractivity contribution >= 4 is 21.4 Å². The van der Waals surface area contributed by atoms with Crippen molar-refractivity contribution in [2.24, 2.45) is 0 Å². The molecular formula is C21H31N3O2S2. The summed E-state index contributed by atoms with van der Waals surface area (Å²) in [5.74, 6) is 0. The molecule has 2 heterocycles. The van der Waals surface area contributed by atoms with Gasteiger partial charge in [0.15, 0.2) is 0 Å². The van der Waals surface area contributed by atoms with E-state index in [0.29, 0.717) is 18.0 Å². The quantitative estimate of drug-likeness (QED) is 0.750. The summed E-state index contributed by atoms with van der Waals surface area (Å²) in [6.07, 6.45) is 0.834. The van der Waals surface area contributed by atoms with Gasteiger partial charge in [0.2, 0.25) is 10.0 Å². The normalized spacial score (nSPS) is 17.6. The summed E-state index contributed by atoms with van der Waals surface area (Å²) in [4.78, 5) is 7.55. The molecule has 7 heteroatoms. The van der Waals surface area contributed by atoms with Gasteiger partial charge >= 0.3 is 0 Å². The maximum atomic E-state index is 13.2. The standard InChI is InChI=1S/C21H31N3O2S2/c1-16-7-8-17(2)19(13-16)28(25,26)24-10-6-9-23(11-12-24)14-18-15-27-20(22-18)21(3,4)5/h7-8,13,15H,6,9-12,14H2,1-5H3. The van der Waals surface area contributed by atoms with E-state index in [1.807, 2.05) is 26.0 Å². The van der Waals surface area contributed by atoms with E-state index in [1.54, 1.807) is 21.7 Å². The number of sulfonamides is 1. The summed E-state index contributed by atoms with van der Waals surface area (Å²) in [7, 11) is -3.46. The Morgan fingerprint density at radius 2 is 1.86 bits per heavy atom. The summed E-state index contributed by atoms with van der Waals surface area (Å²) >= 11 is 1.71. The topological polar surface area (TPSA) is 53.5 Å². The van der Waals surface area contributed by atoms with Crippen LogP contribution in [0.15, 0.2) is 28.5 Å². The summed E-state index contributed by atoms with van der Waals surface area (Å²) in [5, 5.41) is 3.28. The first-order valence-corrected chi connectivity index (χ1v) is 12.1. The highest BCUT2D eigenvalue weighted by Crippen LogP contribution is 2.27. The smallest absolute Gasteiger partial charge is 0.243 e. The Morgan fingerprint density at radius 1 is 1.11 bits per heavy atom. The van der Waals surface area contributed by atoms with Crippen LogP contribution in [0.1, 0.15) is 49.0 Å². The molecule has 3 rings (SSSR count). The highest BCUT2D eigenvalue weighted by atomic mass is 32.2. The Balaban J connectivity index is 1.69. The lowest BCUT2D eigenvalue weighted by molar-refractivity contribution is 0.275. The molecule has 0 atom stereocenters. The van der Waals surface area contributed by atoms with Gasteiger partial charge in [0.05, 0.1) is 15.6 Å². The van der Waals surface area contributed by atoms with Crippen LogP contribution < -0.4 is 0 Å². The van der Waals surface area contributed by atoms with Crippen LogP contribution >= 0.6 is 11.3 Å². The van der Waals surface area contributed by atoms with E-state index >= 15 is 0 Å². The fourth-order valence-electron chi connectivity index (χ4n) is 3.42. The minimum Gasteiger partial charge on any atom is -0.296 e. The third-order valence-corrected chi connectivity index (χ3v) is 8.45. The molecule has 154 valence electrons. The maximum absolute atomic E-state index is 13.2. The fraction of sp³-hybridized carbons (Fsp3) is 0.571. The Bertz CT molecular complexity index is 929. The minimum atomic E-state index is -3.46. The zero-order valence-corrected chi connectivity index (χ0v) is 19.2. The van der Waals surface area contributed by atoms with Crippen molar-refractivity contribution in [3.05, 3.63) is 45.4 Å². The van der Waals surface area contributed by atoms with Gasteiger partial charge in [-0.3, -0.25) is 4.90 Å². The van der Waals surface area contributed by atoms with Crippen LogP contribution in [0.4, 0.5) is 0 Å². The van der Waals surface area contributed by atoms with Gasteiger partial charge < -0.3 is 0 Å². The van der Waals surface area contributed by atoms with Crippen LogP contribution in [0.5, 0.6) is 0 Å². The van der Waals surface area contributed by atoms with Gasteiger partial charge in [0, 0.05) is 37.0 Å². The number of nitrogens with zero attached hydrogens (tertiary/aromatic N) is 3. The second kappa shape index (κ2) is 8.22. The first-order chi connectivity index (χ1) is 13.1. The molecule has 1 aliphatic heterocycles. The lowest BCUT2D eigenvalue weighted by Crippen LogP contribution is -2.35. The van der Waals surface area contributed by atoms with E-state index in [4.69, 9.17) is 4.98 Å².